The van der Waals surface area contributed by atoms with Crippen LogP contribution in [0.2, 0.25) is 0 Å². The van der Waals surface area contributed by atoms with Crippen LogP contribution in [-0.2, 0) is 16.6 Å². The molecule has 0 bridgehead atoms. The maximum Gasteiger partial charge on any atom is 0.145 e. The minimum atomic E-state index is -0.0915. The minimum Gasteiger partial charge on any atom is -0.299 e. The van der Waals surface area contributed by atoms with Gasteiger partial charge in [0.25, 0.3) is 0 Å². The van der Waals surface area contributed by atoms with Crippen molar-refractivity contribution >= 4 is 17.1 Å². The van der Waals surface area contributed by atoms with Crippen LogP contribution in [0.3, 0.4) is 0 Å². The molecule has 0 aromatic carbocycles. The summed E-state index contributed by atoms with van der Waals surface area (Å²) in [6.07, 6.45) is 6.33. The summed E-state index contributed by atoms with van der Waals surface area (Å²) in [6, 6.07) is 0. The van der Waals surface area contributed by atoms with Gasteiger partial charge in [-0.2, -0.15) is 0 Å². The van der Waals surface area contributed by atoms with Crippen molar-refractivity contribution in [2.24, 2.45) is 5.41 Å². The predicted molar refractivity (Wildman–Crippen MR) is 80.7 cm³/mol. The molecule has 1 saturated carbocycles. The van der Waals surface area contributed by atoms with Crippen LogP contribution in [0.25, 0.3) is 0 Å². The summed E-state index contributed by atoms with van der Waals surface area (Å²) in [5.41, 5.74) is 1.09. The smallest absolute Gasteiger partial charge is 0.145 e. The number of carbonyl (C=O) groups excluding carboxylic acids is 1. The summed E-state index contributed by atoms with van der Waals surface area (Å²) < 4.78 is 0. The summed E-state index contributed by atoms with van der Waals surface area (Å²) in [6.45, 7) is 8.63. The van der Waals surface area contributed by atoms with E-state index in [2.05, 4.69) is 38.1 Å². The molecule has 0 spiro atoms. The van der Waals surface area contributed by atoms with Crippen LogP contribution >= 0.6 is 11.3 Å². The van der Waals surface area contributed by atoms with Gasteiger partial charge < -0.3 is 0 Å². The highest BCUT2D eigenvalue weighted by molar-refractivity contribution is 7.09. The molecule has 1 aromatic heterocycles. The molecule has 0 saturated heterocycles. The third-order valence-electron chi connectivity index (χ3n) is 4.26. The SMILES string of the molecule is CC1(C(=O)Cc2nc(C(C)(C)C)cs2)CCCCC1. The molecule has 0 N–H and O–H groups in total. The zero-order valence-corrected chi connectivity index (χ0v) is 13.4. The normalized spacial score (nSPS) is 19.4. The van der Waals surface area contributed by atoms with E-state index in [1.165, 1.54) is 19.3 Å². The Labute approximate surface area is 120 Å². The van der Waals surface area contributed by atoms with Gasteiger partial charge >= 0.3 is 0 Å². The van der Waals surface area contributed by atoms with Crippen molar-refractivity contribution in [1.82, 2.24) is 4.98 Å². The van der Waals surface area contributed by atoms with Crippen molar-refractivity contribution in [2.45, 2.75) is 71.6 Å². The van der Waals surface area contributed by atoms with Gasteiger partial charge in [-0.05, 0) is 12.8 Å². The van der Waals surface area contributed by atoms with Gasteiger partial charge in [-0.1, -0.05) is 47.0 Å². The first-order chi connectivity index (χ1) is 8.81. The molecular weight excluding hydrogens is 254 g/mol. The molecule has 0 radical (unpaired) electrons. The first-order valence-electron chi connectivity index (χ1n) is 7.29. The van der Waals surface area contributed by atoms with Crippen LogP contribution in [0, 0.1) is 5.41 Å². The van der Waals surface area contributed by atoms with Gasteiger partial charge in [0.05, 0.1) is 12.1 Å². The number of thiazole rings is 1. The van der Waals surface area contributed by atoms with Crippen molar-refractivity contribution in [3.05, 3.63) is 16.1 Å². The monoisotopic (exact) mass is 279 g/mol. The van der Waals surface area contributed by atoms with Gasteiger partial charge in [0.15, 0.2) is 0 Å². The maximum atomic E-state index is 12.5. The molecule has 2 nitrogen and oxygen atoms in total. The van der Waals surface area contributed by atoms with Crippen LogP contribution in [0.5, 0.6) is 0 Å². The van der Waals surface area contributed by atoms with E-state index in [-0.39, 0.29) is 10.8 Å². The lowest BCUT2D eigenvalue weighted by atomic mass is 9.72. The average molecular weight is 279 g/mol. The Morgan fingerprint density at radius 2 is 1.95 bits per heavy atom. The van der Waals surface area contributed by atoms with Gasteiger partial charge in [-0.25, -0.2) is 4.98 Å². The van der Waals surface area contributed by atoms with E-state index in [1.54, 1.807) is 11.3 Å². The Bertz CT molecular complexity index is 450. The number of carbonyl (C=O) groups is 1. The topological polar surface area (TPSA) is 30.0 Å². The highest BCUT2D eigenvalue weighted by Crippen LogP contribution is 2.37. The summed E-state index contributed by atoms with van der Waals surface area (Å²) in [5, 5.41) is 3.09. The van der Waals surface area contributed by atoms with Crippen molar-refractivity contribution in [2.75, 3.05) is 0 Å². The fraction of sp³-hybridized carbons (Fsp3) is 0.750. The second-order valence-corrected chi connectivity index (χ2v) is 8.04. The zero-order chi connectivity index (χ0) is 14.1. The Morgan fingerprint density at radius 3 is 2.47 bits per heavy atom. The lowest BCUT2D eigenvalue weighted by Crippen LogP contribution is -2.31. The van der Waals surface area contributed by atoms with Crippen LogP contribution in [0.4, 0.5) is 0 Å². The van der Waals surface area contributed by atoms with Gasteiger partial charge in [0, 0.05) is 16.2 Å². The number of rotatable bonds is 3. The van der Waals surface area contributed by atoms with Gasteiger partial charge in [-0.15, -0.1) is 11.3 Å². The molecule has 0 unspecified atom stereocenters. The van der Waals surface area contributed by atoms with Gasteiger partial charge in [0.1, 0.15) is 10.8 Å². The minimum absolute atomic E-state index is 0.0759. The van der Waals surface area contributed by atoms with Crippen LogP contribution in [0.1, 0.15) is 70.5 Å². The van der Waals surface area contributed by atoms with E-state index in [0.717, 1.165) is 23.5 Å². The Balaban J connectivity index is 2.04. The number of nitrogens with zero attached hydrogens (tertiary/aromatic N) is 1. The second-order valence-electron chi connectivity index (χ2n) is 7.10. The summed E-state index contributed by atoms with van der Waals surface area (Å²) in [7, 11) is 0. The molecule has 0 atom stereocenters. The summed E-state index contributed by atoms with van der Waals surface area (Å²) in [4.78, 5) is 17.2. The van der Waals surface area contributed by atoms with Crippen molar-refractivity contribution in [3.8, 4) is 0 Å². The standard InChI is InChI=1S/C16H25NOS/c1-15(2,3)12-11-19-14(17-12)10-13(18)16(4)8-6-5-7-9-16/h11H,5-10H2,1-4H3. The molecule has 1 aliphatic rings. The molecule has 1 aromatic rings. The third kappa shape index (κ3) is 3.44. The Hall–Kier alpha value is -0.700. The van der Waals surface area contributed by atoms with Gasteiger partial charge in [-0.3, -0.25) is 4.79 Å². The Morgan fingerprint density at radius 1 is 1.32 bits per heavy atom. The molecule has 3 heteroatoms. The quantitative estimate of drug-likeness (QED) is 0.814. The van der Waals surface area contributed by atoms with Crippen molar-refractivity contribution in [1.29, 1.82) is 0 Å². The highest BCUT2D eigenvalue weighted by atomic mass is 32.1. The summed E-state index contributed by atoms with van der Waals surface area (Å²) >= 11 is 1.64. The average Bonchev–Trinajstić information content (AvgIpc) is 2.78. The van der Waals surface area contributed by atoms with Crippen molar-refractivity contribution < 1.29 is 4.79 Å². The molecule has 0 aliphatic heterocycles. The maximum absolute atomic E-state index is 12.5. The van der Waals surface area contributed by atoms with Crippen molar-refractivity contribution in [3.63, 3.8) is 0 Å². The van der Waals surface area contributed by atoms with E-state index < -0.39 is 0 Å². The lowest BCUT2D eigenvalue weighted by molar-refractivity contribution is -0.128. The van der Waals surface area contributed by atoms with E-state index in [4.69, 9.17) is 0 Å². The fourth-order valence-electron chi connectivity index (χ4n) is 2.70. The Kier molecular flexibility index (Phi) is 4.14. The number of hydrogen-bond acceptors (Lipinski definition) is 3. The van der Waals surface area contributed by atoms with Crippen LogP contribution in [-0.4, -0.2) is 10.8 Å². The molecule has 2 rings (SSSR count). The molecule has 1 aliphatic carbocycles. The first-order valence-corrected chi connectivity index (χ1v) is 8.17. The van der Waals surface area contributed by atoms with E-state index in [9.17, 15) is 4.79 Å². The largest absolute Gasteiger partial charge is 0.299 e. The molecule has 106 valence electrons. The first kappa shape index (κ1) is 14.7. The zero-order valence-electron chi connectivity index (χ0n) is 12.6. The highest BCUT2D eigenvalue weighted by Gasteiger charge is 2.34. The van der Waals surface area contributed by atoms with Crippen LogP contribution in [0.15, 0.2) is 5.38 Å². The number of aromatic nitrogens is 1. The fourth-order valence-corrected chi connectivity index (χ4v) is 3.72. The molecular formula is C16H25NOS. The predicted octanol–water partition coefficient (Wildman–Crippen LogP) is 4.52. The molecule has 19 heavy (non-hydrogen) atoms. The lowest BCUT2D eigenvalue weighted by Gasteiger charge is -2.31. The second kappa shape index (κ2) is 5.35. The number of ketones is 1. The molecule has 1 fully saturated rings. The van der Waals surface area contributed by atoms with Crippen LogP contribution < -0.4 is 0 Å². The number of hydrogen-bond donors (Lipinski definition) is 0. The third-order valence-corrected chi connectivity index (χ3v) is 5.11. The number of Topliss-reactive ketones (excluding diaryl/α,β-unsaturated/α-hetero) is 1. The molecule has 1 heterocycles. The van der Waals surface area contributed by atoms with Gasteiger partial charge in [0.2, 0.25) is 0 Å². The summed E-state index contributed by atoms with van der Waals surface area (Å²) in [5.74, 6) is 0.391. The van der Waals surface area contributed by atoms with E-state index in [0.29, 0.717) is 12.2 Å². The van der Waals surface area contributed by atoms with E-state index in [1.807, 2.05) is 0 Å². The molecule has 0 amide bonds. The van der Waals surface area contributed by atoms with E-state index >= 15 is 0 Å².